The minimum atomic E-state index is 0.702. The van der Waals surface area contributed by atoms with E-state index in [1.807, 2.05) is 11.7 Å². The van der Waals surface area contributed by atoms with Crippen molar-refractivity contribution in [2.24, 2.45) is 12.0 Å². The standard InChI is InChI=1S/C17H27N5S/c1-5-15-14(16(6-2)22(4)21-15)11-20-17(18-7-3)19-10-13-8-9-23-12-13/h8-9,12H,5-7,10-11H2,1-4H3,(H2,18,19,20). The van der Waals surface area contributed by atoms with Gasteiger partial charge in [-0.05, 0) is 42.2 Å². The summed E-state index contributed by atoms with van der Waals surface area (Å²) < 4.78 is 2.01. The van der Waals surface area contributed by atoms with Gasteiger partial charge >= 0.3 is 0 Å². The average Bonchev–Trinajstić information content (AvgIpc) is 3.17. The molecule has 5 nitrogen and oxygen atoms in total. The Bertz CT molecular complexity index is 628. The Morgan fingerprint density at radius 3 is 2.70 bits per heavy atom. The van der Waals surface area contributed by atoms with Gasteiger partial charge in [0.25, 0.3) is 0 Å². The Labute approximate surface area is 142 Å². The smallest absolute Gasteiger partial charge is 0.191 e. The van der Waals surface area contributed by atoms with Crippen LogP contribution in [-0.2, 0) is 33.0 Å². The van der Waals surface area contributed by atoms with Crippen molar-refractivity contribution in [3.63, 3.8) is 0 Å². The van der Waals surface area contributed by atoms with E-state index in [1.54, 1.807) is 11.3 Å². The van der Waals surface area contributed by atoms with E-state index in [-0.39, 0.29) is 0 Å². The van der Waals surface area contributed by atoms with Crippen molar-refractivity contribution in [1.29, 1.82) is 0 Å². The highest BCUT2D eigenvalue weighted by Crippen LogP contribution is 2.15. The number of nitrogens with one attached hydrogen (secondary N) is 2. The van der Waals surface area contributed by atoms with Crippen molar-refractivity contribution >= 4 is 17.3 Å². The van der Waals surface area contributed by atoms with Gasteiger partial charge in [-0.1, -0.05) is 13.8 Å². The topological polar surface area (TPSA) is 54.2 Å². The number of aryl methyl sites for hydroxylation is 2. The fourth-order valence-corrected chi connectivity index (χ4v) is 3.32. The van der Waals surface area contributed by atoms with Gasteiger partial charge in [0.1, 0.15) is 0 Å². The van der Waals surface area contributed by atoms with Crippen molar-refractivity contribution in [3.05, 3.63) is 39.3 Å². The number of hydrogen-bond donors (Lipinski definition) is 2. The third kappa shape index (κ3) is 4.58. The highest BCUT2D eigenvalue weighted by atomic mass is 32.1. The molecule has 126 valence electrons. The molecule has 0 saturated heterocycles. The van der Waals surface area contributed by atoms with E-state index in [4.69, 9.17) is 0 Å². The van der Waals surface area contributed by atoms with E-state index in [2.05, 4.69) is 58.3 Å². The Hall–Kier alpha value is -1.82. The number of hydrogen-bond acceptors (Lipinski definition) is 3. The minimum absolute atomic E-state index is 0.702. The van der Waals surface area contributed by atoms with Crippen molar-refractivity contribution in [3.8, 4) is 0 Å². The third-order valence-corrected chi connectivity index (χ3v) is 4.54. The zero-order valence-electron chi connectivity index (χ0n) is 14.5. The first-order valence-corrected chi connectivity index (χ1v) is 9.20. The van der Waals surface area contributed by atoms with Crippen molar-refractivity contribution in [1.82, 2.24) is 20.4 Å². The van der Waals surface area contributed by atoms with Gasteiger partial charge in [-0.15, -0.1) is 0 Å². The molecule has 0 bridgehead atoms. The maximum atomic E-state index is 4.66. The molecule has 0 atom stereocenters. The number of thiophene rings is 1. The number of aromatic nitrogens is 2. The van der Waals surface area contributed by atoms with Crippen LogP contribution in [0.25, 0.3) is 0 Å². The molecule has 0 aliphatic rings. The minimum Gasteiger partial charge on any atom is -0.357 e. The molecule has 0 aliphatic carbocycles. The van der Waals surface area contributed by atoms with E-state index < -0.39 is 0 Å². The zero-order chi connectivity index (χ0) is 16.7. The summed E-state index contributed by atoms with van der Waals surface area (Å²) in [7, 11) is 2.03. The van der Waals surface area contributed by atoms with E-state index in [1.165, 1.54) is 22.5 Å². The summed E-state index contributed by atoms with van der Waals surface area (Å²) in [5.74, 6) is 0.853. The Kier molecular flexibility index (Phi) is 6.65. The van der Waals surface area contributed by atoms with Crippen molar-refractivity contribution < 1.29 is 0 Å². The van der Waals surface area contributed by atoms with E-state index in [0.717, 1.165) is 31.9 Å². The summed E-state index contributed by atoms with van der Waals surface area (Å²) in [6.07, 6.45) is 1.94. The molecule has 0 unspecified atom stereocenters. The molecule has 0 saturated carbocycles. The summed E-state index contributed by atoms with van der Waals surface area (Å²) in [6, 6.07) is 2.11. The second kappa shape index (κ2) is 8.72. The van der Waals surface area contributed by atoms with Crippen LogP contribution in [0.1, 0.15) is 43.3 Å². The van der Waals surface area contributed by atoms with Crippen molar-refractivity contribution in [2.45, 2.75) is 46.7 Å². The molecule has 2 rings (SSSR count). The molecular weight excluding hydrogens is 306 g/mol. The second-order valence-corrected chi connectivity index (χ2v) is 6.16. The zero-order valence-corrected chi connectivity index (χ0v) is 15.3. The van der Waals surface area contributed by atoms with Crippen LogP contribution in [0.5, 0.6) is 0 Å². The molecule has 0 radical (unpaired) electrons. The molecule has 2 aromatic rings. The predicted octanol–water partition coefficient (Wildman–Crippen LogP) is 2.86. The molecule has 2 aromatic heterocycles. The Balaban J connectivity index is 2.08. The summed E-state index contributed by atoms with van der Waals surface area (Å²) >= 11 is 1.71. The lowest BCUT2D eigenvalue weighted by Gasteiger charge is -2.12. The summed E-state index contributed by atoms with van der Waals surface area (Å²) in [6.45, 7) is 8.73. The van der Waals surface area contributed by atoms with Gasteiger partial charge in [-0.3, -0.25) is 4.68 Å². The first kappa shape index (κ1) is 17.5. The van der Waals surface area contributed by atoms with Gasteiger partial charge in [0, 0.05) is 31.4 Å². The summed E-state index contributed by atoms with van der Waals surface area (Å²) in [4.78, 5) is 4.66. The number of rotatable bonds is 7. The predicted molar refractivity (Wildman–Crippen MR) is 97.9 cm³/mol. The first-order chi connectivity index (χ1) is 11.2. The maximum absolute atomic E-state index is 4.66. The second-order valence-electron chi connectivity index (χ2n) is 5.38. The van der Waals surface area contributed by atoms with Gasteiger partial charge in [-0.25, -0.2) is 4.99 Å². The van der Waals surface area contributed by atoms with Crippen LogP contribution >= 0.6 is 11.3 Å². The highest BCUT2D eigenvalue weighted by molar-refractivity contribution is 7.07. The molecule has 0 spiro atoms. The van der Waals surface area contributed by atoms with E-state index >= 15 is 0 Å². The van der Waals surface area contributed by atoms with Crippen LogP contribution in [0.4, 0.5) is 0 Å². The molecule has 0 fully saturated rings. The van der Waals surface area contributed by atoms with Crippen LogP contribution in [-0.4, -0.2) is 22.3 Å². The van der Waals surface area contributed by atoms with Gasteiger partial charge in [0.2, 0.25) is 0 Å². The van der Waals surface area contributed by atoms with Gasteiger partial charge in [0.15, 0.2) is 5.96 Å². The summed E-state index contributed by atoms with van der Waals surface area (Å²) in [5, 5.41) is 15.6. The number of aliphatic imine (C=N–C) groups is 1. The molecule has 0 aromatic carbocycles. The molecule has 0 amide bonds. The maximum Gasteiger partial charge on any atom is 0.191 e. The Morgan fingerprint density at radius 1 is 1.26 bits per heavy atom. The number of guanidine groups is 1. The van der Waals surface area contributed by atoms with E-state index in [9.17, 15) is 0 Å². The number of nitrogens with zero attached hydrogens (tertiary/aromatic N) is 3. The lowest BCUT2D eigenvalue weighted by atomic mass is 10.1. The largest absolute Gasteiger partial charge is 0.357 e. The fraction of sp³-hybridized carbons (Fsp3) is 0.529. The lowest BCUT2D eigenvalue weighted by molar-refractivity contribution is 0.702. The molecule has 6 heteroatoms. The van der Waals surface area contributed by atoms with Crippen LogP contribution in [0.2, 0.25) is 0 Å². The van der Waals surface area contributed by atoms with Crippen LogP contribution in [0.15, 0.2) is 21.8 Å². The average molecular weight is 334 g/mol. The molecular formula is C17H27N5S. The lowest BCUT2D eigenvalue weighted by Crippen LogP contribution is -2.37. The molecule has 2 heterocycles. The quantitative estimate of drug-likeness (QED) is 0.605. The summed E-state index contributed by atoms with van der Waals surface area (Å²) in [5.41, 5.74) is 5.02. The van der Waals surface area contributed by atoms with Gasteiger partial charge in [0.05, 0.1) is 12.2 Å². The molecule has 2 N–H and O–H groups in total. The normalized spacial score (nSPS) is 11.7. The van der Waals surface area contributed by atoms with Crippen molar-refractivity contribution in [2.75, 3.05) is 6.54 Å². The van der Waals surface area contributed by atoms with Crippen LogP contribution < -0.4 is 10.6 Å². The van der Waals surface area contributed by atoms with Crippen LogP contribution in [0.3, 0.4) is 0 Å². The highest BCUT2D eigenvalue weighted by Gasteiger charge is 2.13. The van der Waals surface area contributed by atoms with E-state index in [0.29, 0.717) is 6.54 Å². The first-order valence-electron chi connectivity index (χ1n) is 8.26. The monoisotopic (exact) mass is 333 g/mol. The van der Waals surface area contributed by atoms with Gasteiger partial charge < -0.3 is 10.6 Å². The molecule has 0 aliphatic heterocycles. The SMILES string of the molecule is CCNC(=NCc1ccsc1)NCc1c(CC)nn(C)c1CC. The fourth-order valence-electron chi connectivity index (χ4n) is 2.66. The Morgan fingerprint density at radius 2 is 2.09 bits per heavy atom. The molecule has 23 heavy (non-hydrogen) atoms. The third-order valence-electron chi connectivity index (χ3n) is 3.80. The van der Waals surface area contributed by atoms with Crippen LogP contribution in [0, 0.1) is 0 Å². The van der Waals surface area contributed by atoms with Gasteiger partial charge in [-0.2, -0.15) is 16.4 Å².